The van der Waals surface area contributed by atoms with E-state index < -0.39 is 17.0 Å². The number of ether oxygens (including phenoxy) is 1. The number of para-hydroxylation sites is 1. The summed E-state index contributed by atoms with van der Waals surface area (Å²) in [7, 11) is 0. The number of benzene rings is 1. The molecule has 1 atom stereocenters. The summed E-state index contributed by atoms with van der Waals surface area (Å²) in [4.78, 5) is 11.8. The molecule has 0 aromatic heterocycles. The van der Waals surface area contributed by atoms with E-state index >= 15 is 0 Å². The van der Waals surface area contributed by atoms with Crippen molar-refractivity contribution >= 4 is 5.78 Å². The molecule has 0 heterocycles. The molecule has 0 aliphatic heterocycles. The van der Waals surface area contributed by atoms with Crippen LogP contribution in [0.15, 0.2) is 18.2 Å². The summed E-state index contributed by atoms with van der Waals surface area (Å²) >= 11 is 0. The van der Waals surface area contributed by atoms with Gasteiger partial charge in [0, 0.05) is 6.42 Å². The summed E-state index contributed by atoms with van der Waals surface area (Å²) in [6.07, 6.45) is 3.46. The lowest BCUT2D eigenvalue weighted by Crippen LogP contribution is -2.55. The normalized spacial score (nSPS) is 25.2. The number of carbonyl (C=O) groups excluding carboxylic acids is 1. The highest BCUT2D eigenvalue weighted by atomic mass is 19.1. The van der Waals surface area contributed by atoms with Gasteiger partial charge >= 0.3 is 0 Å². The van der Waals surface area contributed by atoms with E-state index in [2.05, 4.69) is 0 Å². The maximum absolute atomic E-state index is 13.5. The molecule has 0 saturated heterocycles. The van der Waals surface area contributed by atoms with E-state index in [-0.39, 0.29) is 24.1 Å². The largest absolute Gasteiger partial charge is 0.483 e. The fourth-order valence-electron chi connectivity index (χ4n) is 3.11. The Hall–Kier alpha value is -1.45. The van der Waals surface area contributed by atoms with Crippen LogP contribution in [0.2, 0.25) is 0 Å². The monoisotopic (exact) mass is 252 g/mol. The van der Waals surface area contributed by atoms with Gasteiger partial charge < -0.3 is 4.74 Å². The molecule has 0 radical (unpaired) electrons. The van der Waals surface area contributed by atoms with Gasteiger partial charge in [-0.15, -0.1) is 0 Å². The average molecular weight is 252 g/mol. The Morgan fingerprint density at radius 1 is 1.17 bits per heavy atom. The van der Waals surface area contributed by atoms with Gasteiger partial charge in [-0.2, -0.15) is 0 Å². The highest BCUT2D eigenvalue weighted by Crippen LogP contribution is 2.52. The third-order valence-corrected chi connectivity index (χ3v) is 4.22. The van der Waals surface area contributed by atoms with Crippen molar-refractivity contribution in [2.45, 2.75) is 38.2 Å². The van der Waals surface area contributed by atoms with Gasteiger partial charge in [-0.3, -0.25) is 4.79 Å². The van der Waals surface area contributed by atoms with E-state index in [9.17, 15) is 13.6 Å². The minimum absolute atomic E-state index is 0.182. The SMILES string of the molecule is O=C1CC(Oc2c(F)cccc2F)C12CCCC2. The highest BCUT2D eigenvalue weighted by Gasteiger charge is 2.57. The van der Waals surface area contributed by atoms with Crippen molar-refractivity contribution in [1.29, 1.82) is 0 Å². The average Bonchev–Trinajstić information content (AvgIpc) is 2.84. The van der Waals surface area contributed by atoms with Crippen molar-refractivity contribution in [3.63, 3.8) is 0 Å². The molecule has 0 N–H and O–H groups in total. The molecule has 2 aliphatic carbocycles. The van der Waals surface area contributed by atoms with Crippen molar-refractivity contribution in [3.05, 3.63) is 29.8 Å². The Morgan fingerprint density at radius 2 is 1.78 bits per heavy atom. The molecular weight excluding hydrogens is 238 g/mol. The van der Waals surface area contributed by atoms with Gasteiger partial charge in [-0.1, -0.05) is 18.9 Å². The lowest BCUT2D eigenvalue weighted by atomic mass is 9.63. The molecule has 4 heteroatoms. The Bertz CT molecular complexity index is 472. The second kappa shape index (κ2) is 4.04. The van der Waals surface area contributed by atoms with Gasteiger partial charge in [-0.25, -0.2) is 8.78 Å². The van der Waals surface area contributed by atoms with Crippen LogP contribution in [-0.4, -0.2) is 11.9 Å². The van der Waals surface area contributed by atoms with Gasteiger partial charge in [0.1, 0.15) is 11.9 Å². The van der Waals surface area contributed by atoms with Crippen LogP contribution < -0.4 is 4.74 Å². The first kappa shape index (κ1) is 11.6. The van der Waals surface area contributed by atoms with E-state index in [0.29, 0.717) is 0 Å². The second-order valence-electron chi connectivity index (χ2n) is 5.15. The van der Waals surface area contributed by atoms with Crippen molar-refractivity contribution in [3.8, 4) is 5.75 Å². The van der Waals surface area contributed by atoms with Crippen LogP contribution in [0.25, 0.3) is 0 Å². The number of Topliss-reactive ketones (excluding diaryl/α,β-unsaturated/α-hetero) is 1. The highest BCUT2D eigenvalue weighted by molar-refractivity contribution is 5.92. The lowest BCUT2D eigenvalue weighted by molar-refractivity contribution is -0.152. The van der Waals surface area contributed by atoms with Crippen LogP contribution in [0.3, 0.4) is 0 Å². The molecular formula is C14H14F2O2. The molecule has 96 valence electrons. The molecule has 2 fully saturated rings. The topological polar surface area (TPSA) is 26.3 Å². The van der Waals surface area contributed by atoms with Crippen molar-refractivity contribution < 1.29 is 18.3 Å². The Labute approximate surface area is 104 Å². The number of hydrogen-bond acceptors (Lipinski definition) is 2. The summed E-state index contributed by atoms with van der Waals surface area (Å²) in [5.74, 6) is -1.58. The molecule has 1 aromatic rings. The van der Waals surface area contributed by atoms with Gasteiger partial charge in [0.15, 0.2) is 17.4 Å². The molecule has 2 aliphatic rings. The minimum Gasteiger partial charge on any atom is -0.483 e. The Kier molecular flexibility index (Phi) is 2.61. The molecule has 1 aromatic carbocycles. The van der Waals surface area contributed by atoms with Gasteiger partial charge in [-0.05, 0) is 25.0 Å². The van der Waals surface area contributed by atoms with Gasteiger partial charge in [0.25, 0.3) is 0 Å². The molecule has 2 nitrogen and oxygen atoms in total. The lowest BCUT2D eigenvalue weighted by Gasteiger charge is -2.44. The summed E-state index contributed by atoms with van der Waals surface area (Å²) in [5.41, 5.74) is -0.464. The van der Waals surface area contributed by atoms with Crippen LogP contribution >= 0.6 is 0 Å². The molecule has 1 spiro atoms. The number of hydrogen-bond donors (Lipinski definition) is 0. The molecule has 0 amide bonds. The first-order valence-corrected chi connectivity index (χ1v) is 6.27. The van der Waals surface area contributed by atoms with Crippen LogP contribution in [0.1, 0.15) is 32.1 Å². The first-order valence-electron chi connectivity index (χ1n) is 6.27. The summed E-state index contributed by atoms with van der Waals surface area (Å²) in [6, 6.07) is 3.63. The molecule has 1 unspecified atom stereocenters. The second-order valence-corrected chi connectivity index (χ2v) is 5.15. The maximum atomic E-state index is 13.5. The van der Waals surface area contributed by atoms with Crippen molar-refractivity contribution in [1.82, 2.24) is 0 Å². The summed E-state index contributed by atoms with van der Waals surface area (Å²) in [5, 5.41) is 0. The zero-order chi connectivity index (χ0) is 12.8. The minimum atomic E-state index is -0.706. The summed E-state index contributed by atoms with van der Waals surface area (Å²) in [6.45, 7) is 0. The summed E-state index contributed by atoms with van der Waals surface area (Å²) < 4.78 is 32.4. The fraction of sp³-hybridized carbons (Fsp3) is 0.500. The fourth-order valence-corrected chi connectivity index (χ4v) is 3.11. The van der Waals surface area contributed by atoms with Crippen LogP contribution in [0, 0.1) is 17.0 Å². The van der Waals surface area contributed by atoms with Gasteiger partial charge in [0.05, 0.1) is 5.41 Å². The smallest absolute Gasteiger partial charge is 0.191 e. The number of ketones is 1. The van der Waals surface area contributed by atoms with Crippen molar-refractivity contribution in [2.24, 2.45) is 5.41 Å². The van der Waals surface area contributed by atoms with E-state index in [1.807, 2.05) is 0 Å². The van der Waals surface area contributed by atoms with E-state index in [1.54, 1.807) is 0 Å². The van der Waals surface area contributed by atoms with Crippen molar-refractivity contribution in [2.75, 3.05) is 0 Å². The van der Waals surface area contributed by atoms with Crippen LogP contribution in [0.5, 0.6) is 5.75 Å². The third kappa shape index (κ3) is 1.55. The third-order valence-electron chi connectivity index (χ3n) is 4.22. The zero-order valence-corrected chi connectivity index (χ0v) is 9.92. The Balaban J connectivity index is 1.84. The molecule has 18 heavy (non-hydrogen) atoms. The predicted octanol–water partition coefficient (Wildman–Crippen LogP) is 3.25. The van der Waals surface area contributed by atoms with E-state index in [1.165, 1.54) is 18.2 Å². The standard InChI is InChI=1S/C14H14F2O2/c15-9-4-3-5-10(16)13(9)18-12-8-11(17)14(12)6-1-2-7-14/h3-5,12H,1-2,6-8H2. The van der Waals surface area contributed by atoms with Gasteiger partial charge in [0.2, 0.25) is 0 Å². The van der Waals surface area contributed by atoms with E-state index in [4.69, 9.17) is 4.74 Å². The number of carbonyl (C=O) groups is 1. The Morgan fingerprint density at radius 3 is 2.33 bits per heavy atom. The predicted molar refractivity (Wildman–Crippen MR) is 61.3 cm³/mol. The van der Waals surface area contributed by atoms with E-state index in [0.717, 1.165) is 25.7 Å². The van der Waals surface area contributed by atoms with Crippen LogP contribution in [-0.2, 0) is 4.79 Å². The molecule has 2 saturated carbocycles. The maximum Gasteiger partial charge on any atom is 0.191 e. The number of rotatable bonds is 2. The van der Waals surface area contributed by atoms with Crippen LogP contribution in [0.4, 0.5) is 8.78 Å². The number of halogens is 2. The molecule has 3 rings (SSSR count). The quantitative estimate of drug-likeness (QED) is 0.807. The molecule has 0 bridgehead atoms. The first-order chi connectivity index (χ1) is 8.63. The zero-order valence-electron chi connectivity index (χ0n) is 9.92.